The molecule has 1 heterocycles. The van der Waals surface area contributed by atoms with E-state index >= 15 is 0 Å². The fraction of sp³-hybridized carbons (Fsp3) is 0.850. The number of aliphatic imine (C=N–C) groups is 1. The van der Waals surface area contributed by atoms with Gasteiger partial charge in [0.15, 0.2) is 0 Å². The molecule has 0 aromatic rings. The Hall–Kier alpha value is -1.62. The lowest BCUT2D eigenvalue weighted by atomic mass is 10.1. The van der Waals surface area contributed by atoms with E-state index in [9.17, 15) is 4.79 Å². The van der Waals surface area contributed by atoms with E-state index in [4.69, 9.17) is 10.2 Å². The second kappa shape index (κ2) is 36.8. The number of rotatable bonds is 32. The largest absolute Gasteiger partial charge is 0.481 e. The van der Waals surface area contributed by atoms with Crippen molar-refractivity contribution in [1.29, 1.82) is 0 Å². The standard InChI is InChI=1S/C22H42N2O.C18H34O2/c1-2-3-4-5-6-7-8-9-10-11-12-13-14-15-16-17-22-23-18-19-24(22)20-21-25;1-2-3-4-5-6-7-8-9-10-11-12-13-14-15-16-17-18(19)20/h9-10,25H,2-8,11-21H2,1H3;9-10H,2-8,11-17H2,1H3,(H,19,20)/b2*10-9-. The first-order valence-corrected chi connectivity index (χ1v) is 19.6. The molecule has 0 aromatic carbocycles. The molecule has 5 heteroatoms. The molecule has 0 spiro atoms. The van der Waals surface area contributed by atoms with Crippen LogP contribution in [0.15, 0.2) is 29.3 Å². The number of aliphatic carboxylic acids is 1. The van der Waals surface area contributed by atoms with Crippen LogP contribution in [0.2, 0.25) is 0 Å². The van der Waals surface area contributed by atoms with E-state index in [2.05, 4.69) is 48.0 Å². The average molecular weight is 633 g/mol. The van der Waals surface area contributed by atoms with Crippen LogP contribution in [-0.2, 0) is 4.79 Å². The zero-order valence-electron chi connectivity index (χ0n) is 30.1. The van der Waals surface area contributed by atoms with Crippen LogP contribution in [-0.4, -0.2) is 53.2 Å². The number of β-amino-alcohol motifs (C(OH)–C–C–N with tert-alkyl or cyclic N) is 1. The first-order valence-electron chi connectivity index (χ1n) is 19.6. The van der Waals surface area contributed by atoms with Gasteiger partial charge in [-0.1, -0.05) is 141 Å². The van der Waals surface area contributed by atoms with Crippen molar-refractivity contribution in [1.82, 2.24) is 4.90 Å². The number of carboxylic acids is 1. The molecule has 0 aromatic heterocycles. The number of nitrogens with zero attached hydrogens (tertiary/aromatic N) is 2. The molecule has 0 radical (unpaired) electrons. The molecule has 0 saturated carbocycles. The molecule has 0 amide bonds. The summed E-state index contributed by atoms with van der Waals surface area (Å²) in [6.07, 6.45) is 44.6. The highest BCUT2D eigenvalue weighted by atomic mass is 16.4. The van der Waals surface area contributed by atoms with E-state index in [1.165, 1.54) is 160 Å². The van der Waals surface area contributed by atoms with E-state index in [0.29, 0.717) is 6.42 Å². The van der Waals surface area contributed by atoms with Crippen LogP contribution in [0.4, 0.5) is 0 Å². The Morgan fingerprint density at radius 3 is 1.44 bits per heavy atom. The quantitative estimate of drug-likeness (QED) is 0.0571. The maximum Gasteiger partial charge on any atom is 0.303 e. The van der Waals surface area contributed by atoms with Gasteiger partial charge in [0.25, 0.3) is 0 Å². The van der Waals surface area contributed by atoms with Gasteiger partial charge in [-0.3, -0.25) is 9.79 Å². The summed E-state index contributed by atoms with van der Waals surface area (Å²) >= 11 is 0. The number of carboxylic acid groups (broad SMARTS) is 1. The molecule has 1 aliphatic heterocycles. The minimum absolute atomic E-state index is 0.241. The van der Waals surface area contributed by atoms with Crippen molar-refractivity contribution in [2.24, 2.45) is 4.99 Å². The number of carbonyl (C=O) groups is 1. The average Bonchev–Trinajstić information content (AvgIpc) is 3.48. The van der Waals surface area contributed by atoms with Crippen molar-refractivity contribution >= 4 is 11.8 Å². The summed E-state index contributed by atoms with van der Waals surface area (Å²) in [7, 11) is 0. The van der Waals surface area contributed by atoms with Crippen LogP contribution in [0.25, 0.3) is 0 Å². The first kappa shape index (κ1) is 43.4. The summed E-state index contributed by atoms with van der Waals surface area (Å²) < 4.78 is 0. The normalized spacial score (nSPS) is 13.1. The third-order valence-corrected chi connectivity index (χ3v) is 8.71. The summed E-state index contributed by atoms with van der Waals surface area (Å²) in [5, 5.41) is 17.6. The summed E-state index contributed by atoms with van der Waals surface area (Å²) in [6, 6.07) is 0. The zero-order valence-corrected chi connectivity index (χ0v) is 30.1. The fourth-order valence-electron chi connectivity index (χ4n) is 5.83. The van der Waals surface area contributed by atoms with Gasteiger partial charge in [-0.2, -0.15) is 0 Å². The second-order valence-corrected chi connectivity index (χ2v) is 13.1. The Kier molecular flexibility index (Phi) is 35.5. The molecule has 0 saturated heterocycles. The predicted octanol–water partition coefficient (Wildman–Crippen LogP) is 11.8. The van der Waals surface area contributed by atoms with Crippen LogP contribution in [0.5, 0.6) is 0 Å². The fourth-order valence-corrected chi connectivity index (χ4v) is 5.83. The van der Waals surface area contributed by atoms with Crippen LogP contribution in [0.1, 0.15) is 194 Å². The SMILES string of the molecule is CCCCCCCC/C=C\CCCCCCCC(=O)O.CCCCCCCC/C=C\CCCCCCCC1=NCCN1CCO. The Labute approximate surface area is 280 Å². The number of hydrogen-bond acceptors (Lipinski definition) is 4. The third kappa shape index (κ3) is 33.6. The molecule has 0 bridgehead atoms. The van der Waals surface area contributed by atoms with Gasteiger partial charge in [-0.05, 0) is 64.2 Å². The predicted molar refractivity (Wildman–Crippen MR) is 198 cm³/mol. The van der Waals surface area contributed by atoms with Crippen molar-refractivity contribution in [2.45, 2.75) is 194 Å². The van der Waals surface area contributed by atoms with E-state index in [1.54, 1.807) is 0 Å². The highest BCUT2D eigenvalue weighted by Gasteiger charge is 2.15. The van der Waals surface area contributed by atoms with Crippen molar-refractivity contribution in [3.05, 3.63) is 24.3 Å². The van der Waals surface area contributed by atoms with Gasteiger partial charge in [-0.15, -0.1) is 0 Å². The lowest BCUT2D eigenvalue weighted by Gasteiger charge is -2.18. The van der Waals surface area contributed by atoms with Gasteiger partial charge in [0.2, 0.25) is 0 Å². The number of amidine groups is 1. The molecular weight excluding hydrogens is 556 g/mol. The van der Waals surface area contributed by atoms with Gasteiger partial charge in [0, 0.05) is 25.9 Å². The van der Waals surface area contributed by atoms with E-state index in [1.807, 2.05) is 0 Å². The number of aliphatic hydroxyl groups is 1. The van der Waals surface area contributed by atoms with Crippen molar-refractivity contribution in [3.63, 3.8) is 0 Å². The molecule has 0 aliphatic carbocycles. The molecule has 5 nitrogen and oxygen atoms in total. The molecule has 1 rings (SSSR count). The second-order valence-electron chi connectivity index (χ2n) is 13.1. The Morgan fingerprint density at radius 2 is 1.02 bits per heavy atom. The molecule has 2 N–H and O–H groups in total. The molecule has 264 valence electrons. The molecular formula is C40H76N2O3. The number of unbranched alkanes of at least 4 members (excludes halogenated alkanes) is 22. The third-order valence-electron chi connectivity index (χ3n) is 8.71. The first-order chi connectivity index (χ1) is 22.2. The highest BCUT2D eigenvalue weighted by molar-refractivity contribution is 5.83. The Balaban J connectivity index is 0.000000884. The lowest BCUT2D eigenvalue weighted by molar-refractivity contribution is -0.137. The lowest BCUT2D eigenvalue weighted by Crippen LogP contribution is -2.30. The molecule has 0 unspecified atom stereocenters. The van der Waals surface area contributed by atoms with E-state index < -0.39 is 5.97 Å². The Morgan fingerprint density at radius 1 is 0.622 bits per heavy atom. The topological polar surface area (TPSA) is 73.1 Å². The molecule has 45 heavy (non-hydrogen) atoms. The van der Waals surface area contributed by atoms with Crippen LogP contribution in [0.3, 0.4) is 0 Å². The number of hydrogen-bond donors (Lipinski definition) is 2. The monoisotopic (exact) mass is 633 g/mol. The van der Waals surface area contributed by atoms with Crippen molar-refractivity contribution in [2.75, 3.05) is 26.2 Å². The van der Waals surface area contributed by atoms with E-state index in [0.717, 1.165) is 38.9 Å². The van der Waals surface area contributed by atoms with Gasteiger partial charge in [-0.25, -0.2) is 0 Å². The van der Waals surface area contributed by atoms with Crippen LogP contribution >= 0.6 is 0 Å². The van der Waals surface area contributed by atoms with Gasteiger partial charge >= 0.3 is 5.97 Å². The Bertz CT molecular complexity index is 704. The van der Waals surface area contributed by atoms with Gasteiger partial charge < -0.3 is 15.1 Å². The molecule has 0 fully saturated rings. The van der Waals surface area contributed by atoms with Gasteiger partial charge in [0.1, 0.15) is 0 Å². The molecule has 0 atom stereocenters. The zero-order chi connectivity index (χ0) is 32.9. The summed E-state index contributed by atoms with van der Waals surface area (Å²) in [6.45, 7) is 7.45. The van der Waals surface area contributed by atoms with Crippen LogP contribution < -0.4 is 0 Å². The summed E-state index contributed by atoms with van der Waals surface area (Å²) in [4.78, 5) is 17.1. The molecule has 1 aliphatic rings. The maximum absolute atomic E-state index is 10.3. The maximum atomic E-state index is 10.3. The number of allylic oxidation sites excluding steroid dienone is 4. The smallest absolute Gasteiger partial charge is 0.303 e. The highest BCUT2D eigenvalue weighted by Crippen LogP contribution is 2.13. The summed E-state index contributed by atoms with van der Waals surface area (Å²) in [5.41, 5.74) is 0. The minimum Gasteiger partial charge on any atom is -0.481 e. The van der Waals surface area contributed by atoms with E-state index in [-0.39, 0.29) is 6.61 Å². The van der Waals surface area contributed by atoms with Crippen LogP contribution in [0, 0.1) is 0 Å². The number of aliphatic hydroxyl groups excluding tert-OH is 1. The summed E-state index contributed by atoms with van der Waals surface area (Å²) in [5.74, 6) is 0.564. The van der Waals surface area contributed by atoms with Gasteiger partial charge in [0.05, 0.1) is 19.0 Å². The van der Waals surface area contributed by atoms with Crippen molar-refractivity contribution < 1.29 is 15.0 Å². The minimum atomic E-state index is -0.664. The van der Waals surface area contributed by atoms with Crippen molar-refractivity contribution in [3.8, 4) is 0 Å².